The van der Waals surface area contributed by atoms with Crippen LogP contribution in [0.3, 0.4) is 0 Å². The summed E-state index contributed by atoms with van der Waals surface area (Å²) in [7, 11) is -4.02. The molecule has 0 saturated heterocycles. The van der Waals surface area contributed by atoms with E-state index in [0.717, 1.165) is 28.3 Å². The molecule has 0 aliphatic heterocycles. The molecule has 0 radical (unpaired) electrons. The summed E-state index contributed by atoms with van der Waals surface area (Å²) in [5.74, 6) is -1.82. The minimum absolute atomic E-state index is 0.00164. The van der Waals surface area contributed by atoms with Crippen molar-refractivity contribution in [1.82, 2.24) is 10.2 Å². The zero-order chi connectivity index (χ0) is 29.4. The van der Waals surface area contributed by atoms with Crippen molar-refractivity contribution in [3.8, 4) is 0 Å². The second-order valence-electron chi connectivity index (χ2n) is 9.12. The number of nitrogens with one attached hydrogen (secondary N) is 1. The van der Waals surface area contributed by atoms with E-state index >= 15 is 0 Å². The number of carbonyl (C=O) groups is 2. The van der Waals surface area contributed by atoms with Crippen molar-refractivity contribution in [3.63, 3.8) is 0 Å². The fourth-order valence-electron chi connectivity index (χ4n) is 4.01. The molecule has 2 amide bonds. The summed E-state index contributed by atoms with van der Waals surface area (Å²) in [6, 6.07) is 16.3. The number of halogens is 4. The zero-order valence-corrected chi connectivity index (χ0v) is 25.0. The number of sulfonamides is 1. The molecule has 0 spiro atoms. The molecule has 0 heterocycles. The molecule has 7 nitrogen and oxygen atoms in total. The minimum atomic E-state index is -4.02. The molecule has 3 aromatic rings. The summed E-state index contributed by atoms with van der Waals surface area (Å²) in [6.07, 6.45) is 1.76. The van der Waals surface area contributed by atoms with E-state index in [0.29, 0.717) is 23.6 Å². The standard InChI is InChI=1S/C28H29Cl3FN3O4S/c1-3-13-33-28(37)26(14-19-7-5-4-6-8-19)34(17-20-9-10-21(29)15-23(20)30)27(36)18-35(40(2,38)39)22-11-12-25(32)24(31)16-22/h4-12,15-16,26H,3,13-14,17-18H2,1-2H3,(H,33,37)/t26-/m0/s1. The Morgan fingerprint density at radius 2 is 1.68 bits per heavy atom. The summed E-state index contributed by atoms with van der Waals surface area (Å²) >= 11 is 18.4. The van der Waals surface area contributed by atoms with Crippen molar-refractivity contribution in [2.45, 2.75) is 32.4 Å². The summed E-state index contributed by atoms with van der Waals surface area (Å²) in [4.78, 5) is 28.8. The molecule has 0 aliphatic carbocycles. The quantitative estimate of drug-likeness (QED) is 0.278. The lowest BCUT2D eigenvalue weighted by Gasteiger charge is -2.33. The molecule has 0 aliphatic rings. The van der Waals surface area contributed by atoms with Gasteiger partial charge in [-0.3, -0.25) is 13.9 Å². The lowest BCUT2D eigenvalue weighted by Crippen LogP contribution is -2.53. The highest BCUT2D eigenvalue weighted by Gasteiger charge is 2.33. The summed E-state index contributed by atoms with van der Waals surface area (Å²) < 4.78 is 40.2. The van der Waals surface area contributed by atoms with Gasteiger partial charge in [0.05, 0.1) is 17.0 Å². The number of amides is 2. The van der Waals surface area contributed by atoms with Gasteiger partial charge in [-0.15, -0.1) is 0 Å². The fourth-order valence-corrected chi connectivity index (χ4v) is 5.49. The van der Waals surface area contributed by atoms with Crippen LogP contribution >= 0.6 is 34.8 Å². The number of hydrogen-bond donors (Lipinski definition) is 1. The minimum Gasteiger partial charge on any atom is -0.354 e. The molecule has 1 N–H and O–H groups in total. The van der Waals surface area contributed by atoms with Gasteiger partial charge in [0.1, 0.15) is 18.4 Å². The average Bonchev–Trinajstić information content (AvgIpc) is 2.90. The van der Waals surface area contributed by atoms with Crippen LogP contribution in [0.5, 0.6) is 0 Å². The van der Waals surface area contributed by atoms with Crippen LogP contribution in [0.15, 0.2) is 66.7 Å². The molecule has 0 fully saturated rings. The second-order valence-corrected chi connectivity index (χ2v) is 12.3. The Balaban J connectivity index is 2.08. The molecular weight excluding hydrogens is 600 g/mol. The number of nitrogens with zero attached hydrogens (tertiary/aromatic N) is 2. The van der Waals surface area contributed by atoms with Gasteiger partial charge in [0.2, 0.25) is 21.8 Å². The van der Waals surface area contributed by atoms with E-state index in [1.54, 1.807) is 12.1 Å². The predicted molar refractivity (Wildman–Crippen MR) is 158 cm³/mol. The number of anilines is 1. The maximum Gasteiger partial charge on any atom is 0.244 e. The molecule has 3 aromatic carbocycles. The Labute approximate surface area is 248 Å². The Kier molecular flexibility index (Phi) is 11.2. The monoisotopic (exact) mass is 627 g/mol. The van der Waals surface area contributed by atoms with E-state index < -0.39 is 40.2 Å². The van der Waals surface area contributed by atoms with Gasteiger partial charge in [-0.25, -0.2) is 12.8 Å². The van der Waals surface area contributed by atoms with Crippen molar-refractivity contribution < 1.29 is 22.4 Å². The van der Waals surface area contributed by atoms with Crippen LogP contribution in [0.2, 0.25) is 15.1 Å². The van der Waals surface area contributed by atoms with Crippen LogP contribution < -0.4 is 9.62 Å². The van der Waals surface area contributed by atoms with Gasteiger partial charge >= 0.3 is 0 Å². The van der Waals surface area contributed by atoms with Crippen LogP contribution in [0, 0.1) is 5.82 Å². The van der Waals surface area contributed by atoms with Crippen LogP contribution in [-0.2, 0) is 32.6 Å². The van der Waals surface area contributed by atoms with E-state index in [1.807, 2.05) is 37.3 Å². The highest BCUT2D eigenvalue weighted by Crippen LogP contribution is 2.27. The van der Waals surface area contributed by atoms with Crippen molar-refractivity contribution in [2.75, 3.05) is 23.7 Å². The zero-order valence-electron chi connectivity index (χ0n) is 21.9. The molecule has 0 unspecified atom stereocenters. The van der Waals surface area contributed by atoms with Gasteiger partial charge in [-0.05, 0) is 47.9 Å². The second kappa shape index (κ2) is 14.2. The van der Waals surface area contributed by atoms with Crippen LogP contribution in [0.1, 0.15) is 24.5 Å². The normalized spacial score (nSPS) is 12.1. The molecular formula is C28H29Cl3FN3O4S. The molecule has 214 valence electrons. The van der Waals surface area contributed by atoms with Gasteiger partial charge in [-0.1, -0.05) is 78.1 Å². The molecule has 1 atom stereocenters. The Morgan fingerprint density at radius 3 is 2.27 bits per heavy atom. The highest BCUT2D eigenvalue weighted by atomic mass is 35.5. The number of carbonyl (C=O) groups excluding carboxylic acids is 2. The van der Waals surface area contributed by atoms with Gasteiger partial charge < -0.3 is 10.2 Å². The van der Waals surface area contributed by atoms with E-state index in [4.69, 9.17) is 34.8 Å². The number of benzene rings is 3. The third-order valence-electron chi connectivity index (χ3n) is 6.05. The van der Waals surface area contributed by atoms with Gasteiger partial charge in [0.25, 0.3) is 0 Å². The maximum absolute atomic E-state index is 14.0. The SMILES string of the molecule is CCCNC(=O)[C@H](Cc1ccccc1)N(Cc1ccc(Cl)cc1Cl)C(=O)CN(c1ccc(F)c(Cl)c1)S(C)(=O)=O. The first-order valence-corrected chi connectivity index (χ1v) is 15.4. The fraction of sp³-hybridized carbons (Fsp3) is 0.286. The number of rotatable bonds is 12. The maximum atomic E-state index is 14.0. The van der Waals surface area contributed by atoms with Gasteiger partial charge in [0.15, 0.2) is 0 Å². The van der Waals surface area contributed by atoms with E-state index in [9.17, 15) is 22.4 Å². The lowest BCUT2D eigenvalue weighted by molar-refractivity contribution is -0.140. The summed E-state index contributed by atoms with van der Waals surface area (Å²) in [5, 5.41) is 3.22. The van der Waals surface area contributed by atoms with Crippen LogP contribution in [-0.4, -0.2) is 50.5 Å². The average molecular weight is 629 g/mol. The summed E-state index contributed by atoms with van der Waals surface area (Å²) in [5.41, 5.74) is 1.31. The Morgan fingerprint density at radius 1 is 0.975 bits per heavy atom. The topological polar surface area (TPSA) is 86.8 Å². The van der Waals surface area contributed by atoms with Gasteiger partial charge in [-0.2, -0.15) is 0 Å². The van der Waals surface area contributed by atoms with E-state index in [-0.39, 0.29) is 28.7 Å². The largest absolute Gasteiger partial charge is 0.354 e. The lowest BCUT2D eigenvalue weighted by atomic mass is 10.0. The molecule has 3 rings (SSSR count). The smallest absolute Gasteiger partial charge is 0.244 e. The predicted octanol–water partition coefficient (Wildman–Crippen LogP) is 5.72. The van der Waals surface area contributed by atoms with Crippen LogP contribution in [0.4, 0.5) is 10.1 Å². The van der Waals surface area contributed by atoms with Crippen molar-refractivity contribution in [2.24, 2.45) is 0 Å². The third kappa shape index (κ3) is 8.57. The first-order chi connectivity index (χ1) is 18.9. The molecule has 0 aromatic heterocycles. The molecule has 0 saturated carbocycles. The Hall–Kier alpha value is -2.85. The van der Waals surface area contributed by atoms with Crippen molar-refractivity contribution in [3.05, 3.63) is 98.7 Å². The first kappa shape index (κ1) is 31.7. The first-order valence-electron chi connectivity index (χ1n) is 12.4. The molecule has 40 heavy (non-hydrogen) atoms. The van der Waals surface area contributed by atoms with Crippen LogP contribution in [0.25, 0.3) is 0 Å². The number of hydrogen-bond acceptors (Lipinski definition) is 4. The molecule has 0 bridgehead atoms. The molecule has 12 heteroatoms. The van der Waals surface area contributed by atoms with E-state index in [2.05, 4.69) is 5.32 Å². The highest BCUT2D eigenvalue weighted by molar-refractivity contribution is 7.92. The summed E-state index contributed by atoms with van der Waals surface area (Å²) in [6.45, 7) is 1.52. The third-order valence-corrected chi connectivity index (χ3v) is 8.06. The van der Waals surface area contributed by atoms with E-state index in [1.165, 1.54) is 17.0 Å². The van der Waals surface area contributed by atoms with Gasteiger partial charge in [0, 0.05) is 29.6 Å². The van der Waals surface area contributed by atoms with Crippen molar-refractivity contribution in [1.29, 1.82) is 0 Å². The van der Waals surface area contributed by atoms with Crippen molar-refractivity contribution >= 4 is 62.3 Å². The Bertz CT molecular complexity index is 1460.